The summed E-state index contributed by atoms with van der Waals surface area (Å²) in [6, 6.07) is 0. The van der Waals surface area contributed by atoms with Gasteiger partial charge in [0.25, 0.3) is 0 Å². The first-order valence-electron chi connectivity index (χ1n) is 4.02. The van der Waals surface area contributed by atoms with Gasteiger partial charge < -0.3 is 9.84 Å². The Morgan fingerprint density at radius 2 is 1.62 bits per heavy atom. The second kappa shape index (κ2) is 3.46. The van der Waals surface area contributed by atoms with Crippen molar-refractivity contribution in [2.45, 2.75) is 20.8 Å². The van der Waals surface area contributed by atoms with Crippen LogP contribution in [-0.2, 0) is 0 Å². The Morgan fingerprint density at radius 1 is 1.08 bits per heavy atom. The van der Waals surface area contributed by atoms with Crippen LogP contribution < -0.4 is 4.74 Å². The summed E-state index contributed by atoms with van der Waals surface area (Å²) in [5.41, 5.74) is 2.51. The van der Waals surface area contributed by atoms with Gasteiger partial charge in [-0.05, 0) is 31.9 Å². The van der Waals surface area contributed by atoms with Crippen LogP contribution in [0.15, 0.2) is 0 Å². The fourth-order valence-electron chi connectivity index (χ4n) is 1.32. The van der Waals surface area contributed by atoms with E-state index in [4.69, 9.17) is 16.3 Å². The highest BCUT2D eigenvalue weighted by atomic mass is 35.5. The maximum Gasteiger partial charge on any atom is 0.164 e. The lowest BCUT2D eigenvalue weighted by molar-refractivity contribution is 0.368. The van der Waals surface area contributed by atoms with Crippen molar-refractivity contribution in [1.29, 1.82) is 0 Å². The van der Waals surface area contributed by atoms with E-state index in [9.17, 15) is 5.11 Å². The molecule has 1 rings (SSSR count). The minimum Gasteiger partial charge on any atom is -0.504 e. The van der Waals surface area contributed by atoms with E-state index in [0.717, 1.165) is 11.1 Å². The van der Waals surface area contributed by atoms with E-state index in [1.807, 2.05) is 13.8 Å². The summed E-state index contributed by atoms with van der Waals surface area (Å²) in [7, 11) is 1.54. The average molecular weight is 201 g/mol. The lowest BCUT2D eigenvalue weighted by atomic mass is 10.0. The van der Waals surface area contributed by atoms with Gasteiger partial charge in [-0.15, -0.1) is 0 Å². The van der Waals surface area contributed by atoms with Crippen LogP contribution in [0.3, 0.4) is 0 Å². The number of aromatic hydroxyl groups is 1. The molecule has 72 valence electrons. The molecule has 1 aromatic rings. The summed E-state index contributed by atoms with van der Waals surface area (Å²) in [5.74, 6) is 0.648. The standard InChI is InChI=1S/C10H13ClO2/c1-5-6(2)10(13-4)9(12)7(3)8(5)11/h12H,1-4H3. The fraction of sp³-hybridized carbons (Fsp3) is 0.400. The van der Waals surface area contributed by atoms with Gasteiger partial charge in [0.05, 0.1) is 12.1 Å². The number of methoxy groups -OCH3 is 1. The molecule has 0 heterocycles. The molecule has 0 atom stereocenters. The summed E-state index contributed by atoms with van der Waals surface area (Å²) >= 11 is 6.00. The Morgan fingerprint density at radius 3 is 2.08 bits per heavy atom. The van der Waals surface area contributed by atoms with Crippen LogP contribution in [0.25, 0.3) is 0 Å². The van der Waals surface area contributed by atoms with Gasteiger partial charge in [-0.1, -0.05) is 11.6 Å². The molecule has 0 aromatic heterocycles. The first kappa shape index (κ1) is 10.2. The number of phenolic OH excluding ortho intramolecular Hbond substituents is 1. The molecule has 0 saturated heterocycles. The zero-order chi connectivity index (χ0) is 10.2. The number of benzene rings is 1. The lowest BCUT2D eigenvalue weighted by Crippen LogP contribution is -1.94. The van der Waals surface area contributed by atoms with Crippen molar-refractivity contribution in [3.05, 3.63) is 21.7 Å². The predicted molar refractivity (Wildman–Crippen MR) is 53.9 cm³/mol. The third kappa shape index (κ3) is 1.46. The van der Waals surface area contributed by atoms with Gasteiger partial charge in [-0.3, -0.25) is 0 Å². The largest absolute Gasteiger partial charge is 0.504 e. The maximum absolute atomic E-state index is 9.67. The second-order valence-corrected chi connectivity index (χ2v) is 3.45. The van der Waals surface area contributed by atoms with Gasteiger partial charge in [-0.2, -0.15) is 0 Å². The van der Waals surface area contributed by atoms with Crippen molar-refractivity contribution < 1.29 is 9.84 Å². The van der Waals surface area contributed by atoms with E-state index in [1.165, 1.54) is 7.11 Å². The fourth-order valence-corrected chi connectivity index (χ4v) is 1.55. The normalized spacial score (nSPS) is 10.2. The van der Waals surface area contributed by atoms with Crippen LogP contribution in [0, 0.1) is 20.8 Å². The Balaban J connectivity index is 3.56. The number of rotatable bonds is 1. The van der Waals surface area contributed by atoms with Crippen molar-refractivity contribution in [2.24, 2.45) is 0 Å². The summed E-state index contributed by atoms with van der Waals surface area (Å²) in [5, 5.41) is 10.3. The number of hydrogen-bond acceptors (Lipinski definition) is 2. The third-order valence-corrected chi connectivity index (χ3v) is 2.90. The number of ether oxygens (including phenoxy) is 1. The molecule has 1 aromatic carbocycles. The van der Waals surface area contributed by atoms with Crippen molar-refractivity contribution in [3.63, 3.8) is 0 Å². The van der Waals surface area contributed by atoms with Crippen molar-refractivity contribution in [2.75, 3.05) is 7.11 Å². The van der Waals surface area contributed by atoms with Crippen molar-refractivity contribution >= 4 is 11.6 Å². The highest BCUT2D eigenvalue weighted by Gasteiger charge is 2.15. The molecule has 0 aliphatic rings. The molecule has 1 N–H and O–H groups in total. The third-order valence-electron chi connectivity index (χ3n) is 2.34. The van der Waals surface area contributed by atoms with Gasteiger partial charge in [0.2, 0.25) is 0 Å². The summed E-state index contributed by atoms with van der Waals surface area (Å²) in [6.07, 6.45) is 0. The van der Waals surface area contributed by atoms with Crippen molar-refractivity contribution in [1.82, 2.24) is 0 Å². The van der Waals surface area contributed by atoms with E-state index >= 15 is 0 Å². The molecular weight excluding hydrogens is 188 g/mol. The quantitative estimate of drug-likeness (QED) is 0.755. The Labute approximate surface area is 83.1 Å². The first-order chi connectivity index (χ1) is 6.00. The molecule has 3 heteroatoms. The zero-order valence-electron chi connectivity index (χ0n) is 8.23. The molecular formula is C10H13ClO2. The van der Waals surface area contributed by atoms with E-state index in [2.05, 4.69) is 0 Å². The maximum atomic E-state index is 9.67. The SMILES string of the molecule is COc1c(C)c(C)c(Cl)c(C)c1O. The van der Waals surface area contributed by atoms with E-state index < -0.39 is 0 Å². The molecule has 0 aliphatic carbocycles. The van der Waals surface area contributed by atoms with E-state index in [0.29, 0.717) is 16.3 Å². The number of phenols is 1. The molecule has 0 saturated carbocycles. The van der Waals surface area contributed by atoms with Crippen LogP contribution in [0.1, 0.15) is 16.7 Å². The Kier molecular flexibility index (Phi) is 2.71. The highest BCUT2D eigenvalue weighted by molar-refractivity contribution is 6.32. The smallest absolute Gasteiger partial charge is 0.164 e. The van der Waals surface area contributed by atoms with Crippen LogP contribution in [0.2, 0.25) is 5.02 Å². The van der Waals surface area contributed by atoms with Crippen LogP contribution in [-0.4, -0.2) is 12.2 Å². The van der Waals surface area contributed by atoms with Crippen LogP contribution >= 0.6 is 11.6 Å². The average Bonchev–Trinajstić information content (AvgIpc) is 2.13. The Hall–Kier alpha value is -0.890. The lowest BCUT2D eigenvalue weighted by Gasteiger charge is -2.14. The van der Waals surface area contributed by atoms with Crippen molar-refractivity contribution in [3.8, 4) is 11.5 Å². The molecule has 0 fully saturated rings. The summed E-state index contributed by atoms with van der Waals surface area (Å²) in [4.78, 5) is 0. The van der Waals surface area contributed by atoms with Gasteiger partial charge in [0.15, 0.2) is 11.5 Å². The Bertz CT molecular complexity index is 316. The molecule has 0 radical (unpaired) electrons. The topological polar surface area (TPSA) is 29.5 Å². The summed E-state index contributed by atoms with van der Waals surface area (Å²) < 4.78 is 5.08. The second-order valence-electron chi connectivity index (χ2n) is 3.07. The zero-order valence-corrected chi connectivity index (χ0v) is 8.99. The van der Waals surface area contributed by atoms with E-state index in [-0.39, 0.29) is 5.75 Å². The summed E-state index contributed by atoms with van der Waals surface area (Å²) in [6.45, 7) is 5.55. The van der Waals surface area contributed by atoms with Gasteiger partial charge >= 0.3 is 0 Å². The molecule has 2 nitrogen and oxygen atoms in total. The molecule has 0 amide bonds. The van der Waals surface area contributed by atoms with Gasteiger partial charge in [0.1, 0.15) is 0 Å². The minimum absolute atomic E-state index is 0.135. The van der Waals surface area contributed by atoms with Gasteiger partial charge in [0, 0.05) is 5.56 Å². The molecule has 0 unspecified atom stereocenters. The predicted octanol–water partition coefficient (Wildman–Crippen LogP) is 2.98. The molecule has 13 heavy (non-hydrogen) atoms. The molecule has 0 spiro atoms. The molecule has 0 bridgehead atoms. The van der Waals surface area contributed by atoms with Crippen LogP contribution in [0.5, 0.6) is 11.5 Å². The molecule has 0 aliphatic heterocycles. The number of hydrogen-bond donors (Lipinski definition) is 1. The minimum atomic E-state index is 0.135. The van der Waals surface area contributed by atoms with Gasteiger partial charge in [-0.25, -0.2) is 0 Å². The first-order valence-corrected chi connectivity index (χ1v) is 4.40. The van der Waals surface area contributed by atoms with Crippen LogP contribution in [0.4, 0.5) is 0 Å². The van der Waals surface area contributed by atoms with E-state index in [1.54, 1.807) is 6.92 Å². The highest BCUT2D eigenvalue weighted by Crippen LogP contribution is 2.40. The number of halogens is 1. The monoisotopic (exact) mass is 200 g/mol.